The Kier molecular flexibility index (Phi) is 3.73. The van der Waals surface area contributed by atoms with Gasteiger partial charge in [-0.15, -0.1) is 0 Å². The summed E-state index contributed by atoms with van der Waals surface area (Å²) < 4.78 is 8.86. The summed E-state index contributed by atoms with van der Waals surface area (Å²) in [5, 5.41) is 0. The molecule has 0 spiro atoms. The van der Waals surface area contributed by atoms with Gasteiger partial charge in [0.2, 0.25) is 0 Å². The molecule has 1 saturated heterocycles. The number of ether oxygens (including phenoxy) is 1. The quantitative estimate of drug-likeness (QED) is 0.837. The lowest BCUT2D eigenvalue weighted by Gasteiger charge is -2.27. The number of hydrogen-bond acceptors (Lipinski definition) is 3. The molecule has 100 valence electrons. The standard InChI is InChI=1S/C13H20BrN3O/c1-10-2-3-17-11(8-10)13(14)15-12(17)9-16-4-6-18-7-5-16/h10H,2-9H2,1H3. The van der Waals surface area contributed by atoms with Crippen LogP contribution in [-0.2, 0) is 24.2 Å². The van der Waals surface area contributed by atoms with Gasteiger partial charge in [-0.05, 0) is 34.7 Å². The average Bonchev–Trinajstić information content (AvgIpc) is 2.67. The number of halogens is 1. The zero-order valence-electron chi connectivity index (χ0n) is 10.9. The second-order valence-corrected chi connectivity index (χ2v) is 6.15. The van der Waals surface area contributed by atoms with E-state index < -0.39 is 0 Å². The first kappa shape index (κ1) is 12.6. The summed E-state index contributed by atoms with van der Waals surface area (Å²) in [6.07, 6.45) is 2.42. The van der Waals surface area contributed by atoms with Gasteiger partial charge in [0.05, 0.1) is 25.5 Å². The van der Waals surface area contributed by atoms with Crippen LogP contribution in [0.5, 0.6) is 0 Å². The van der Waals surface area contributed by atoms with E-state index in [2.05, 4.69) is 32.3 Å². The van der Waals surface area contributed by atoms with E-state index in [1.54, 1.807) is 0 Å². The van der Waals surface area contributed by atoms with E-state index in [1.165, 1.54) is 17.9 Å². The fraction of sp³-hybridized carbons (Fsp3) is 0.769. The van der Waals surface area contributed by atoms with Crippen molar-refractivity contribution < 1.29 is 4.74 Å². The maximum atomic E-state index is 5.39. The summed E-state index contributed by atoms with van der Waals surface area (Å²) in [6.45, 7) is 8.15. The molecule has 4 nitrogen and oxygen atoms in total. The van der Waals surface area contributed by atoms with Gasteiger partial charge in [-0.1, -0.05) is 6.92 Å². The lowest BCUT2D eigenvalue weighted by atomic mass is 9.99. The summed E-state index contributed by atoms with van der Waals surface area (Å²) in [5.74, 6) is 1.99. The number of hydrogen-bond donors (Lipinski definition) is 0. The third kappa shape index (κ3) is 2.49. The molecule has 0 amide bonds. The first-order valence-electron chi connectivity index (χ1n) is 6.78. The summed E-state index contributed by atoms with van der Waals surface area (Å²) in [5.41, 5.74) is 1.39. The van der Waals surface area contributed by atoms with Gasteiger partial charge in [0.15, 0.2) is 0 Å². The molecule has 0 N–H and O–H groups in total. The molecule has 1 aromatic heterocycles. The molecule has 3 rings (SSSR count). The van der Waals surface area contributed by atoms with E-state index in [9.17, 15) is 0 Å². The molecule has 2 aliphatic rings. The summed E-state index contributed by atoms with van der Waals surface area (Å²) in [7, 11) is 0. The lowest BCUT2D eigenvalue weighted by Crippen LogP contribution is -2.36. The molecule has 0 bridgehead atoms. The van der Waals surface area contributed by atoms with Gasteiger partial charge in [-0.25, -0.2) is 4.98 Å². The van der Waals surface area contributed by atoms with Crippen LogP contribution in [0.2, 0.25) is 0 Å². The van der Waals surface area contributed by atoms with Crippen LogP contribution in [0.1, 0.15) is 24.9 Å². The van der Waals surface area contributed by atoms with Crippen molar-refractivity contribution in [3.8, 4) is 0 Å². The summed E-state index contributed by atoms with van der Waals surface area (Å²) >= 11 is 3.62. The zero-order valence-corrected chi connectivity index (χ0v) is 12.4. The Morgan fingerprint density at radius 2 is 2.11 bits per heavy atom. The van der Waals surface area contributed by atoms with E-state index in [-0.39, 0.29) is 0 Å². The largest absolute Gasteiger partial charge is 0.379 e. The van der Waals surface area contributed by atoms with Gasteiger partial charge in [-0.2, -0.15) is 0 Å². The van der Waals surface area contributed by atoms with Gasteiger partial charge in [0.25, 0.3) is 0 Å². The Morgan fingerprint density at radius 1 is 1.33 bits per heavy atom. The molecule has 0 aromatic carbocycles. The van der Waals surface area contributed by atoms with Crippen LogP contribution in [-0.4, -0.2) is 40.8 Å². The molecule has 0 radical (unpaired) electrons. The highest BCUT2D eigenvalue weighted by Gasteiger charge is 2.23. The second kappa shape index (κ2) is 5.31. The smallest absolute Gasteiger partial charge is 0.127 e. The first-order valence-corrected chi connectivity index (χ1v) is 7.57. The fourth-order valence-corrected chi connectivity index (χ4v) is 3.41. The van der Waals surface area contributed by atoms with E-state index in [4.69, 9.17) is 9.72 Å². The maximum absolute atomic E-state index is 5.39. The van der Waals surface area contributed by atoms with Crippen molar-refractivity contribution >= 4 is 15.9 Å². The maximum Gasteiger partial charge on any atom is 0.127 e. The van der Waals surface area contributed by atoms with Crippen molar-refractivity contribution in [2.24, 2.45) is 5.92 Å². The predicted octanol–water partition coefficient (Wildman–Crippen LogP) is 2.06. The minimum Gasteiger partial charge on any atom is -0.379 e. The highest BCUT2D eigenvalue weighted by molar-refractivity contribution is 9.10. The van der Waals surface area contributed by atoms with Crippen LogP contribution in [0.15, 0.2) is 4.60 Å². The highest BCUT2D eigenvalue weighted by atomic mass is 79.9. The third-order valence-corrected chi connectivity index (χ3v) is 4.59. The second-order valence-electron chi connectivity index (χ2n) is 5.40. The summed E-state index contributed by atoms with van der Waals surface area (Å²) in [4.78, 5) is 7.15. The molecule has 1 aromatic rings. The third-order valence-electron chi connectivity index (χ3n) is 3.96. The lowest BCUT2D eigenvalue weighted by molar-refractivity contribution is 0.0324. The average molecular weight is 314 g/mol. The van der Waals surface area contributed by atoms with Crippen LogP contribution in [0.25, 0.3) is 0 Å². The van der Waals surface area contributed by atoms with Gasteiger partial charge < -0.3 is 9.30 Å². The van der Waals surface area contributed by atoms with Crippen molar-refractivity contribution in [3.05, 3.63) is 16.1 Å². The Bertz CT molecular complexity index is 426. The number of aromatic nitrogens is 2. The first-order chi connectivity index (χ1) is 8.74. The number of nitrogens with zero attached hydrogens (tertiary/aromatic N) is 3. The predicted molar refractivity (Wildman–Crippen MR) is 73.5 cm³/mol. The molecule has 5 heteroatoms. The molecule has 2 aliphatic heterocycles. The fourth-order valence-electron chi connectivity index (χ4n) is 2.83. The monoisotopic (exact) mass is 313 g/mol. The number of morpholine rings is 1. The minimum absolute atomic E-state index is 0.779. The van der Waals surface area contributed by atoms with Gasteiger partial charge in [0, 0.05) is 19.6 Å². The molecular formula is C13H20BrN3O. The Balaban J connectivity index is 1.78. The molecule has 0 aliphatic carbocycles. The van der Waals surface area contributed by atoms with Crippen LogP contribution in [0, 0.1) is 5.92 Å². The van der Waals surface area contributed by atoms with E-state index in [0.717, 1.165) is 56.3 Å². The topological polar surface area (TPSA) is 30.3 Å². The number of imidazole rings is 1. The van der Waals surface area contributed by atoms with Crippen LogP contribution < -0.4 is 0 Å². The SMILES string of the molecule is CC1CCn2c(CN3CCOCC3)nc(Br)c2C1. The Labute approximate surface area is 116 Å². The van der Waals surface area contributed by atoms with Crippen LogP contribution in [0.4, 0.5) is 0 Å². The van der Waals surface area contributed by atoms with Crippen molar-refractivity contribution in [3.63, 3.8) is 0 Å². The van der Waals surface area contributed by atoms with Crippen molar-refractivity contribution in [2.75, 3.05) is 26.3 Å². The molecule has 1 fully saturated rings. The van der Waals surface area contributed by atoms with Gasteiger partial charge in [-0.3, -0.25) is 4.90 Å². The number of rotatable bonds is 2. The van der Waals surface area contributed by atoms with Crippen LogP contribution >= 0.6 is 15.9 Å². The molecule has 0 saturated carbocycles. The van der Waals surface area contributed by atoms with Crippen molar-refractivity contribution in [2.45, 2.75) is 32.9 Å². The molecule has 1 unspecified atom stereocenters. The Morgan fingerprint density at radius 3 is 2.89 bits per heavy atom. The van der Waals surface area contributed by atoms with E-state index >= 15 is 0 Å². The normalized spacial score (nSPS) is 25.1. The molecule has 18 heavy (non-hydrogen) atoms. The zero-order chi connectivity index (χ0) is 12.5. The minimum atomic E-state index is 0.779. The van der Waals surface area contributed by atoms with E-state index in [0.29, 0.717) is 0 Å². The van der Waals surface area contributed by atoms with Crippen LogP contribution in [0.3, 0.4) is 0 Å². The Hall–Kier alpha value is -0.390. The van der Waals surface area contributed by atoms with E-state index in [1.807, 2.05) is 0 Å². The van der Waals surface area contributed by atoms with Crippen molar-refractivity contribution in [1.82, 2.24) is 14.5 Å². The summed E-state index contributed by atoms with van der Waals surface area (Å²) in [6, 6.07) is 0. The highest BCUT2D eigenvalue weighted by Crippen LogP contribution is 2.28. The molecular weight excluding hydrogens is 294 g/mol. The molecule has 3 heterocycles. The molecule has 1 atom stereocenters. The van der Waals surface area contributed by atoms with Gasteiger partial charge >= 0.3 is 0 Å². The van der Waals surface area contributed by atoms with Crippen molar-refractivity contribution in [1.29, 1.82) is 0 Å². The van der Waals surface area contributed by atoms with Gasteiger partial charge in [0.1, 0.15) is 10.4 Å². The number of fused-ring (bicyclic) bond motifs is 1.